The highest BCUT2D eigenvalue weighted by molar-refractivity contribution is 5.91. The van der Waals surface area contributed by atoms with Crippen LogP contribution in [-0.2, 0) is 30.9 Å². The van der Waals surface area contributed by atoms with Gasteiger partial charge in [-0.1, -0.05) is 24.3 Å². The lowest BCUT2D eigenvalue weighted by Crippen LogP contribution is -3.13. The number of carbonyl (C=O) groups is 2. The average Bonchev–Trinajstić information content (AvgIpc) is 3.14. The second-order valence-corrected chi connectivity index (χ2v) is 8.15. The van der Waals surface area contributed by atoms with Crippen LogP contribution in [0, 0.1) is 5.92 Å². The molecular weight excluding hydrogens is 368 g/mol. The van der Waals surface area contributed by atoms with Gasteiger partial charge in [-0.3, -0.25) is 9.59 Å². The predicted octanol–water partition coefficient (Wildman–Crippen LogP) is 1.55. The maximum absolute atomic E-state index is 13.5. The molecule has 154 valence electrons. The van der Waals surface area contributed by atoms with Gasteiger partial charge < -0.3 is 19.4 Å². The first kappa shape index (κ1) is 19.7. The number of benzene rings is 1. The zero-order chi connectivity index (χ0) is 20.6. The summed E-state index contributed by atoms with van der Waals surface area (Å²) in [5.41, 5.74) is 3.14. The number of esters is 2. The van der Waals surface area contributed by atoms with Gasteiger partial charge in [-0.2, -0.15) is 0 Å². The lowest BCUT2D eigenvalue weighted by atomic mass is 9.66. The molecular formula is C23H29N2O4+. The van der Waals surface area contributed by atoms with Crippen LogP contribution >= 0.6 is 0 Å². The van der Waals surface area contributed by atoms with E-state index >= 15 is 0 Å². The topological polar surface area (TPSA) is 72.8 Å². The Bertz CT molecular complexity index is 976. The zero-order valence-electron chi connectivity index (χ0n) is 17.3. The molecule has 6 nitrogen and oxygen atoms in total. The van der Waals surface area contributed by atoms with E-state index < -0.39 is 11.4 Å². The highest BCUT2D eigenvalue weighted by atomic mass is 16.5. The van der Waals surface area contributed by atoms with Crippen molar-refractivity contribution >= 4 is 22.8 Å². The number of H-pyrrole nitrogens is 1. The molecule has 2 aromatic rings. The average molecular weight is 397 g/mol. The van der Waals surface area contributed by atoms with Crippen molar-refractivity contribution in [2.45, 2.75) is 32.1 Å². The van der Waals surface area contributed by atoms with E-state index in [0.717, 1.165) is 54.6 Å². The fraction of sp³-hybridized carbons (Fsp3) is 0.478. The lowest BCUT2D eigenvalue weighted by Gasteiger charge is -2.41. The van der Waals surface area contributed by atoms with Crippen molar-refractivity contribution in [3.8, 4) is 0 Å². The van der Waals surface area contributed by atoms with Crippen LogP contribution in [0.3, 0.4) is 0 Å². The highest BCUT2D eigenvalue weighted by Gasteiger charge is 2.55. The molecule has 3 aliphatic heterocycles. The van der Waals surface area contributed by atoms with Crippen LogP contribution in [-0.4, -0.2) is 50.3 Å². The fourth-order valence-corrected chi connectivity index (χ4v) is 5.30. The first-order valence-electron chi connectivity index (χ1n) is 10.3. The third kappa shape index (κ3) is 3.15. The number of carbonyl (C=O) groups excluding carboxylic acids is 2. The monoisotopic (exact) mass is 397 g/mol. The van der Waals surface area contributed by atoms with Crippen molar-refractivity contribution in [2.75, 3.05) is 33.4 Å². The van der Waals surface area contributed by atoms with Gasteiger partial charge in [0.2, 0.25) is 0 Å². The molecule has 2 N–H and O–H groups in total. The first-order chi connectivity index (χ1) is 14.0. The molecule has 0 aliphatic carbocycles. The van der Waals surface area contributed by atoms with Gasteiger partial charge in [0.15, 0.2) is 0 Å². The summed E-state index contributed by atoms with van der Waals surface area (Å²) < 4.78 is 10.9. The van der Waals surface area contributed by atoms with E-state index in [9.17, 15) is 9.59 Å². The van der Waals surface area contributed by atoms with Crippen LogP contribution in [0.5, 0.6) is 0 Å². The number of aromatic nitrogens is 1. The Balaban J connectivity index is 2.03. The number of aromatic amines is 1. The van der Waals surface area contributed by atoms with Crippen LogP contribution in [0.25, 0.3) is 10.9 Å². The second-order valence-electron chi connectivity index (χ2n) is 8.15. The molecule has 1 unspecified atom stereocenters. The minimum absolute atomic E-state index is 0.0217. The third-order valence-corrected chi connectivity index (χ3v) is 6.69. The summed E-state index contributed by atoms with van der Waals surface area (Å²) in [5.74, 6) is -0.815. The molecule has 0 radical (unpaired) electrons. The van der Waals surface area contributed by atoms with Crippen molar-refractivity contribution in [3.05, 3.63) is 47.2 Å². The molecule has 2 bridgehead atoms. The Morgan fingerprint density at radius 2 is 2.10 bits per heavy atom. The van der Waals surface area contributed by atoms with Crippen LogP contribution in [0.2, 0.25) is 0 Å². The van der Waals surface area contributed by atoms with Crippen molar-refractivity contribution in [1.29, 1.82) is 0 Å². The summed E-state index contributed by atoms with van der Waals surface area (Å²) in [6.07, 6.45) is 3.83. The van der Waals surface area contributed by atoms with Crippen LogP contribution in [0.1, 0.15) is 31.5 Å². The number of methoxy groups -OCH3 is 1. The second kappa shape index (κ2) is 7.67. The first-order valence-corrected chi connectivity index (χ1v) is 10.3. The summed E-state index contributed by atoms with van der Waals surface area (Å²) in [7, 11) is 1.42. The molecule has 0 spiro atoms. The number of piperidine rings is 1. The van der Waals surface area contributed by atoms with E-state index in [1.165, 1.54) is 24.5 Å². The SMILES string of the molecule is C/C=C1/C[NH+]2CCc3c([nH]c4ccccc34)[C@@](COC(C)=O)(C(=O)OC)[C@H]1CC2. The minimum Gasteiger partial charge on any atom is -0.468 e. The molecule has 5 rings (SSSR count). The summed E-state index contributed by atoms with van der Waals surface area (Å²) >= 11 is 0. The Labute approximate surface area is 170 Å². The molecule has 3 atom stereocenters. The van der Waals surface area contributed by atoms with Gasteiger partial charge >= 0.3 is 11.9 Å². The lowest BCUT2D eigenvalue weighted by molar-refractivity contribution is -0.899. The number of ether oxygens (including phenoxy) is 2. The van der Waals surface area contributed by atoms with Crippen LogP contribution in [0.15, 0.2) is 35.9 Å². The van der Waals surface area contributed by atoms with E-state index in [4.69, 9.17) is 9.47 Å². The number of allylic oxidation sites excluding steroid dienone is 1. The largest absolute Gasteiger partial charge is 0.468 e. The number of hydrogen-bond acceptors (Lipinski definition) is 4. The van der Waals surface area contributed by atoms with Crippen LogP contribution < -0.4 is 4.90 Å². The number of hydrogen-bond donors (Lipinski definition) is 2. The summed E-state index contributed by atoms with van der Waals surface area (Å²) in [6.45, 7) is 6.29. The number of nitrogens with one attached hydrogen (secondary N) is 2. The summed E-state index contributed by atoms with van der Waals surface area (Å²) in [4.78, 5) is 30.4. The molecule has 1 aromatic heterocycles. The third-order valence-electron chi connectivity index (χ3n) is 6.69. The van der Waals surface area contributed by atoms with Crippen molar-refractivity contribution in [2.24, 2.45) is 5.92 Å². The van der Waals surface area contributed by atoms with E-state index in [2.05, 4.69) is 17.1 Å². The molecule has 29 heavy (non-hydrogen) atoms. The predicted molar refractivity (Wildman–Crippen MR) is 110 cm³/mol. The van der Waals surface area contributed by atoms with E-state index in [-0.39, 0.29) is 18.5 Å². The molecule has 1 saturated heterocycles. The molecule has 1 fully saturated rings. The Morgan fingerprint density at radius 3 is 2.83 bits per heavy atom. The summed E-state index contributed by atoms with van der Waals surface area (Å²) in [6, 6.07) is 8.14. The summed E-state index contributed by atoms with van der Waals surface area (Å²) in [5, 5.41) is 1.13. The van der Waals surface area contributed by atoms with Gasteiger partial charge in [0.05, 0.1) is 26.7 Å². The molecule has 3 aliphatic rings. The Kier molecular flexibility index (Phi) is 5.21. The molecule has 0 amide bonds. The maximum atomic E-state index is 13.5. The van der Waals surface area contributed by atoms with Crippen molar-refractivity contribution in [1.82, 2.24) is 4.98 Å². The number of quaternary nitrogens is 1. The molecule has 4 heterocycles. The Morgan fingerprint density at radius 1 is 1.31 bits per heavy atom. The maximum Gasteiger partial charge on any atom is 0.321 e. The molecule has 6 heteroatoms. The van der Waals surface area contributed by atoms with Crippen LogP contribution in [0.4, 0.5) is 0 Å². The van der Waals surface area contributed by atoms with Gasteiger partial charge in [0, 0.05) is 42.3 Å². The van der Waals surface area contributed by atoms with Gasteiger partial charge in [-0.05, 0) is 24.1 Å². The fourth-order valence-electron chi connectivity index (χ4n) is 5.30. The number of fused-ring (bicyclic) bond motifs is 4. The quantitative estimate of drug-likeness (QED) is 0.609. The van der Waals surface area contributed by atoms with E-state index in [0.29, 0.717) is 0 Å². The highest BCUT2D eigenvalue weighted by Crippen LogP contribution is 2.44. The smallest absolute Gasteiger partial charge is 0.321 e. The van der Waals surface area contributed by atoms with Crippen molar-refractivity contribution in [3.63, 3.8) is 0 Å². The number of para-hydroxylation sites is 1. The van der Waals surface area contributed by atoms with Gasteiger partial charge in [0.1, 0.15) is 12.0 Å². The van der Waals surface area contributed by atoms with Crippen molar-refractivity contribution < 1.29 is 24.0 Å². The van der Waals surface area contributed by atoms with Gasteiger partial charge in [0.25, 0.3) is 0 Å². The molecule has 0 saturated carbocycles. The normalized spacial score (nSPS) is 27.8. The Hall–Kier alpha value is -2.60. The molecule has 1 aromatic carbocycles. The van der Waals surface area contributed by atoms with Gasteiger partial charge in [-0.15, -0.1) is 0 Å². The van der Waals surface area contributed by atoms with E-state index in [1.54, 1.807) is 0 Å². The van der Waals surface area contributed by atoms with E-state index in [1.807, 2.05) is 25.1 Å². The minimum atomic E-state index is -1.08. The van der Waals surface area contributed by atoms with Gasteiger partial charge in [-0.25, -0.2) is 0 Å². The number of rotatable bonds is 3. The standard InChI is InChI=1S/C23H28N2O4/c1-4-16-13-25-11-9-18-17-7-5-6-8-20(17)24-21(18)23(22(27)28-3,14-29-15(2)26)19(16)10-12-25/h4-8,19,24H,9-14H2,1-3H3/p+1/b16-4-/t19-,23-/m0/s1. The zero-order valence-corrected chi connectivity index (χ0v) is 17.3.